The molecule has 0 aromatic heterocycles. The number of benzene rings is 2. The number of hydrogen-bond acceptors (Lipinski definition) is 6. The smallest absolute Gasteiger partial charge is 0.243 e. The highest BCUT2D eigenvalue weighted by molar-refractivity contribution is 7.89. The van der Waals surface area contributed by atoms with Crippen molar-refractivity contribution in [2.75, 3.05) is 45.1 Å². The van der Waals surface area contributed by atoms with E-state index in [4.69, 9.17) is 4.74 Å². The van der Waals surface area contributed by atoms with Crippen LogP contribution in [0.5, 0.6) is 0 Å². The van der Waals surface area contributed by atoms with Gasteiger partial charge in [-0.05, 0) is 43.3 Å². The standard InChI is InChI=1S/C21H28N2O4S3/c1-18(17-28)23(12-11-22-13-15-27-16-14-22)30(25,26)21-9-7-20(8-10-21)29(24)19-5-3-2-4-6-19/h2-10,18,28H,11-17H2,1H3/t18-,29?/m1/s1. The summed E-state index contributed by atoms with van der Waals surface area (Å²) < 4.78 is 46.2. The molecule has 1 heterocycles. The molecule has 30 heavy (non-hydrogen) atoms. The molecule has 1 unspecified atom stereocenters. The van der Waals surface area contributed by atoms with E-state index in [1.165, 1.54) is 4.31 Å². The lowest BCUT2D eigenvalue weighted by Gasteiger charge is -2.32. The Hall–Kier alpha value is -1.23. The second-order valence-corrected chi connectivity index (χ2v) is 10.9. The third-order valence-electron chi connectivity index (χ3n) is 5.10. The quantitative estimate of drug-likeness (QED) is 0.573. The molecule has 6 nitrogen and oxygen atoms in total. The number of ether oxygens (including phenoxy) is 1. The van der Waals surface area contributed by atoms with E-state index in [-0.39, 0.29) is 10.9 Å². The fraction of sp³-hybridized carbons (Fsp3) is 0.429. The number of sulfonamides is 1. The van der Waals surface area contributed by atoms with Crippen molar-refractivity contribution >= 4 is 33.5 Å². The second kappa shape index (κ2) is 10.9. The molecule has 1 aliphatic rings. The maximum Gasteiger partial charge on any atom is 0.243 e. The first-order valence-electron chi connectivity index (χ1n) is 9.93. The molecular weight excluding hydrogens is 440 g/mol. The molecule has 2 aromatic carbocycles. The predicted octanol–water partition coefficient (Wildman–Crippen LogP) is 2.49. The van der Waals surface area contributed by atoms with Gasteiger partial charge in [-0.1, -0.05) is 18.2 Å². The molecular formula is C21H28N2O4S3. The Morgan fingerprint density at radius 1 is 1.07 bits per heavy atom. The molecule has 1 fully saturated rings. The number of hydrogen-bond donors (Lipinski definition) is 1. The Morgan fingerprint density at radius 3 is 2.27 bits per heavy atom. The third kappa shape index (κ3) is 5.72. The van der Waals surface area contributed by atoms with Crippen LogP contribution in [0.25, 0.3) is 0 Å². The van der Waals surface area contributed by atoms with E-state index in [0.29, 0.717) is 41.8 Å². The number of thiol groups is 1. The summed E-state index contributed by atoms with van der Waals surface area (Å²) in [4.78, 5) is 3.67. The summed E-state index contributed by atoms with van der Waals surface area (Å²) in [5.74, 6) is 0.429. The van der Waals surface area contributed by atoms with Crippen molar-refractivity contribution in [2.45, 2.75) is 27.7 Å². The molecule has 3 rings (SSSR count). The summed E-state index contributed by atoms with van der Waals surface area (Å²) in [6.45, 7) is 5.87. The van der Waals surface area contributed by atoms with Gasteiger partial charge in [0.05, 0.1) is 28.9 Å². The van der Waals surface area contributed by atoms with Crippen molar-refractivity contribution in [1.82, 2.24) is 9.21 Å². The van der Waals surface area contributed by atoms with Gasteiger partial charge in [0.25, 0.3) is 0 Å². The molecule has 0 saturated carbocycles. The van der Waals surface area contributed by atoms with E-state index in [2.05, 4.69) is 17.5 Å². The fourth-order valence-electron chi connectivity index (χ4n) is 3.28. The average Bonchev–Trinajstić information content (AvgIpc) is 2.79. The van der Waals surface area contributed by atoms with Gasteiger partial charge in [0.2, 0.25) is 10.0 Å². The molecule has 1 aliphatic heterocycles. The van der Waals surface area contributed by atoms with Crippen molar-refractivity contribution in [2.24, 2.45) is 0 Å². The second-order valence-electron chi connectivity index (χ2n) is 7.15. The van der Waals surface area contributed by atoms with E-state index in [0.717, 1.165) is 13.1 Å². The summed E-state index contributed by atoms with van der Waals surface area (Å²) >= 11 is 4.32. The highest BCUT2D eigenvalue weighted by Gasteiger charge is 2.29. The minimum absolute atomic E-state index is 0.201. The van der Waals surface area contributed by atoms with Crippen LogP contribution >= 0.6 is 12.6 Å². The normalized spacial score (nSPS) is 17.7. The number of rotatable bonds is 9. The van der Waals surface area contributed by atoms with E-state index in [1.807, 2.05) is 25.1 Å². The number of nitrogens with zero attached hydrogens (tertiary/aromatic N) is 2. The Balaban J connectivity index is 1.77. The van der Waals surface area contributed by atoms with E-state index < -0.39 is 20.8 Å². The Morgan fingerprint density at radius 2 is 1.67 bits per heavy atom. The molecule has 0 N–H and O–H groups in total. The van der Waals surface area contributed by atoms with Crippen molar-refractivity contribution in [1.29, 1.82) is 0 Å². The van der Waals surface area contributed by atoms with E-state index >= 15 is 0 Å². The molecule has 0 radical (unpaired) electrons. The lowest BCUT2D eigenvalue weighted by Crippen LogP contribution is -2.46. The molecule has 1 saturated heterocycles. The topological polar surface area (TPSA) is 66.9 Å². The van der Waals surface area contributed by atoms with Gasteiger partial charge in [0, 0.05) is 47.8 Å². The molecule has 2 aromatic rings. The predicted molar refractivity (Wildman–Crippen MR) is 122 cm³/mol. The molecule has 164 valence electrons. The highest BCUT2D eigenvalue weighted by Crippen LogP contribution is 2.22. The molecule has 9 heteroatoms. The molecule has 0 bridgehead atoms. The maximum absolute atomic E-state index is 13.3. The summed E-state index contributed by atoms with van der Waals surface area (Å²) in [5, 5.41) is 0. The van der Waals surface area contributed by atoms with Crippen molar-refractivity contribution in [3.05, 3.63) is 54.6 Å². The van der Waals surface area contributed by atoms with Crippen LogP contribution in [0.2, 0.25) is 0 Å². The van der Waals surface area contributed by atoms with Crippen LogP contribution in [0.3, 0.4) is 0 Å². The Bertz CT molecular complexity index is 930. The fourth-order valence-corrected chi connectivity index (χ4v) is 6.27. The first kappa shape index (κ1) is 23.4. The van der Waals surface area contributed by atoms with Crippen molar-refractivity contribution in [3.63, 3.8) is 0 Å². The zero-order chi connectivity index (χ0) is 21.6. The maximum atomic E-state index is 13.3. The van der Waals surface area contributed by atoms with Gasteiger partial charge in [-0.15, -0.1) is 0 Å². The first-order chi connectivity index (χ1) is 14.4. The highest BCUT2D eigenvalue weighted by atomic mass is 32.2. The Kier molecular flexibility index (Phi) is 8.50. The van der Waals surface area contributed by atoms with Crippen LogP contribution in [-0.4, -0.2) is 73.0 Å². The first-order valence-corrected chi connectivity index (χ1v) is 13.2. The minimum atomic E-state index is -3.69. The summed E-state index contributed by atoms with van der Waals surface area (Å²) in [6, 6.07) is 15.2. The van der Waals surface area contributed by atoms with Gasteiger partial charge < -0.3 is 4.74 Å². The van der Waals surface area contributed by atoms with Crippen LogP contribution in [0.4, 0.5) is 0 Å². The van der Waals surface area contributed by atoms with Gasteiger partial charge >= 0.3 is 0 Å². The van der Waals surface area contributed by atoms with Crippen molar-refractivity contribution < 1.29 is 17.4 Å². The van der Waals surface area contributed by atoms with Crippen LogP contribution < -0.4 is 0 Å². The SMILES string of the molecule is C[C@H](CS)N(CCN1CCOCC1)S(=O)(=O)c1ccc(S(=O)c2ccccc2)cc1. The molecule has 2 atom stereocenters. The monoisotopic (exact) mass is 468 g/mol. The molecule has 0 amide bonds. The van der Waals surface area contributed by atoms with E-state index in [1.54, 1.807) is 36.4 Å². The average molecular weight is 469 g/mol. The summed E-state index contributed by atoms with van der Waals surface area (Å²) in [7, 11) is -5.04. The molecule has 0 spiro atoms. The van der Waals surface area contributed by atoms with Crippen LogP contribution in [0.1, 0.15) is 6.92 Å². The Labute approximate surface area is 187 Å². The summed E-state index contributed by atoms with van der Waals surface area (Å²) in [5.41, 5.74) is 0. The van der Waals surface area contributed by atoms with Gasteiger partial charge in [-0.2, -0.15) is 16.9 Å². The zero-order valence-electron chi connectivity index (χ0n) is 17.0. The van der Waals surface area contributed by atoms with Crippen LogP contribution in [-0.2, 0) is 25.6 Å². The van der Waals surface area contributed by atoms with Gasteiger partial charge in [-0.25, -0.2) is 12.6 Å². The van der Waals surface area contributed by atoms with Crippen LogP contribution in [0.15, 0.2) is 69.3 Å². The zero-order valence-corrected chi connectivity index (χ0v) is 19.5. The van der Waals surface area contributed by atoms with E-state index in [9.17, 15) is 12.6 Å². The number of morpholine rings is 1. The van der Waals surface area contributed by atoms with Gasteiger partial charge in [0.1, 0.15) is 0 Å². The van der Waals surface area contributed by atoms with Gasteiger partial charge in [0.15, 0.2) is 0 Å². The summed E-state index contributed by atoms with van der Waals surface area (Å²) in [6.07, 6.45) is 0. The molecule has 0 aliphatic carbocycles. The van der Waals surface area contributed by atoms with Gasteiger partial charge in [-0.3, -0.25) is 4.90 Å². The van der Waals surface area contributed by atoms with Crippen molar-refractivity contribution in [3.8, 4) is 0 Å². The largest absolute Gasteiger partial charge is 0.379 e. The lowest BCUT2D eigenvalue weighted by molar-refractivity contribution is 0.0357. The minimum Gasteiger partial charge on any atom is -0.379 e. The van der Waals surface area contributed by atoms with Crippen LogP contribution in [0, 0.1) is 0 Å². The lowest BCUT2D eigenvalue weighted by atomic mass is 10.3. The third-order valence-corrected chi connectivity index (χ3v) is 9.05.